The van der Waals surface area contributed by atoms with E-state index in [9.17, 15) is 18.8 Å². The van der Waals surface area contributed by atoms with Crippen LogP contribution in [-0.2, 0) is 19.1 Å². The van der Waals surface area contributed by atoms with Gasteiger partial charge in [0.05, 0.1) is 18.9 Å². The Labute approximate surface area is 236 Å². The number of carbonyl (C=O) groups is 3. The van der Waals surface area contributed by atoms with E-state index in [0.29, 0.717) is 6.54 Å². The first-order valence-electron chi connectivity index (χ1n) is 12.3. The number of thiazole rings is 1. The molecule has 0 radical (unpaired) electrons. The molecule has 4 aromatic rings. The number of aromatic nitrogens is 4. The summed E-state index contributed by atoms with van der Waals surface area (Å²) in [5.41, 5.74) is 0.358. The summed E-state index contributed by atoms with van der Waals surface area (Å²) in [4.78, 5) is 52.5. The van der Waals surface area contributed by atoms with Crippen molar-refractivity contribution < 1.29 is 32.6 Å². The number of amides is 2. The highest BCUT2D eigenvalue weighted by Gasteiger charge is 2.24. The number of hydrogen-bond acceptors (Lipinski definition) is 11. The molecular formula is C26H25F2N7O5S. The standard InChI is InChI=1S/C26H25F2N7O5S/c1-4-29-25(38)35-26-34-21-19(28)14(10-15(22(21)41-26)20-16(27)6-5-9-30-20)13-11-31-24(32-12-13)33-17(23(37)40-3)7-8-18(36)39-2/h5-6,9-12,17H,4,7-8H2,1-3H3,(H,31,32,33)(H2,29,34,35,38)/t17-/m0/s1. The van der Waals surface area contributed by atoms with E-state index in [0.717, 1.165) is 11.3 Å². The number of benzene rings is 1. The number of halogens is 2. The van der Waals surface area contributed by atoms with Crippen molar-refractivity contribution in [3.05, 3.63) is 48.4 Å². The summed E-state index contributed by atoms with van der Waals surface area (Å²) in [7, 11) is 2.44. The zero-order valence-corrected chi connectivity index (χ0v) is 23.0. The summed E-state index contributed by atoms with van der Waals surface area (Å²) >= 11 is 0.974. The molecule has 0 aliphatic carbocycles. The van der Waals surface area contributed by atoms with Crippen molar-refractivity contribution in [1.29, 1.82) is 0 Å². The average Bonchev–Trinajstić information content (AvgIpc) is 3.40. The number of hydrogen-bond donors (Lipinski definition) is 3. The Hall–Kier alpha value is -4.79. The molecule has 214 valence electrons. The number of urea groups is 1. The minimum Gasteiger partial charge on any atom is -0.469 e. The number of carbonyl (C=O) groups excluding carboxylic acids is 3. The number of rotatable bonds is 10. The first-order valence-corrected chi connectivity index (χ1v) is 13.1. The highest BCUT2D eigenvalue weighted by Crippen LogP contribution is 2.40. The third kappa shape index (κ3) is 6.69. The molecule has 0 saturated heterocycles. The highest BCUT2D eigenvalue weighted by atomic mass is 32.1. The Morgan fingerprint density at radius 3 is 2.49 bits per heavy atom. The smallest absolute Gasteiger partial charge is 0.328 e. The maximum absolute atomic E-state index is 15.8. The lowest BCUT2D eigenvalue weighted by Gasteiger charge is -2.16. The van der Waals surface area contributed by atoms with Crippen molar-refractivity contribution in [3.8, 4) is 22.4 Å². The molecule has 4 rings (SSSR count). The molecule has 3 N–H and O–H groups in total. The second-order valence-corrected chi connectivity index (χ2v) is 9.43. The summed E-state index contributed by atoms with van der Waals surface area (Å²) < 4.78 is 40.3. The number of esters is 2. The molecule has 0 unspecified atom stereocenters. The average molecular weight is 586 g/mol. The van der Waals surface area contributed by atoms with Crippen LogP contribution in [0.15, 0.2) is 36.8 Å². The van der Waals surface area contributed by atoms with Crippen LogP contribution in [0.1, 0.15) is 19.8 Å². The number of anilines is 2. The molecule has 0 saturated carbocycles. The van der Waals surface area contributed by atoms with E-state index in [2.05, 4.69) is 40.6 Å². The lowest BCUT2D eigenvalue weighted by Crippen LogP contribution is -2.32. The van der Waals surface area contributed by atoms with Gasteiger partial charge in [0.25, 0.3) is 0 Å². The van der Waals surface area contributed by atoms with E-state index >= 15 is 4.39 Å². The fraction of sp³-hybridized carbons (Fsp3) is 0.269. The summed E-state index contributed by atoms with van der Waals surface area (Å²) in [5, 5.41) is 8.02. The summed E-state index contributed by atoms with van der Waals surface area (Å²) in [6, 6.07) is 2.61. The lowest BCUT2D eigenvalue weighted by molar-refractivity contribution is -0.143. The third-order valence-corrected chi connectivity index (χ3v) is 6.80. The van der Waals surface area contributed by atoms with Gasteiger partial charge in [-0.1, -0.05) is 11.3 Å². The van der Waals surface area contributed by atoms with Gasteiger partial charge in [-0.25, -0.2) is 33.3 Å². The second-order valence-electron chi connectivity index (χ2n) is 8.43. The predicted octanol–water partition coefficient (Wildman–Crippen LogP) is 4.14. The molecule has 0 aliphatic heterocycles. The van der Waals surface area contributed by atoms with Gasteiger partial charge in [0.1, 0.15) is 23.1 Å². The fourth-order valence-corrected chi connectivity index (χ4v) is 4.80. The van der Waals surface area contributed by atoms with Crippen molar-refractivity contribution in [2.24, 2.45) is 0 Å². The van der Waals surface area contributed by atoms with Gasteiger partial charge in [0.15, 0.2) is 10.9 Å². The number of nitrogens with zero attached hydrogens (tertiary/aromatic N) is 4. The van der Waals surface area contributed by atoms with Crippen LogP contribution < -0.4 is 16.0 Å². The van der Waals surface area contributed by atoms with Crippen LogP contribution >= 0.6 is 11.3 Å². The summed E-state index contributed by atoms with van der Waals surface area (Å²) in [5.74, 6) is -2.49. The molecule has 3 aromatic heterocycles. The zero-order chi connectivity index (χ0) is 29.5. The number of ether oxygens (including phenoxy) is 2. The van der Waals surface area contributed by atoms with Crippen LogP contribution in [0.3, 0.4) is 0 Å². The van der Waals surface area contributed by atoms with Crippen molar-refractivity contribution in [1.82, 2.24) is 25.3 Å². The largest absolute Gasteiger partial charge is 0.469 e. The Morgan fingerprint density at radius 2 is 1.83 bits per heavy atom. The Morgan fingerprint density at radius 1 is 1.07 bits per heavy atom. The molecular weight excluding hydrogens is 560 g/mol. The quantitative estimate of drug-likeness (QED) is 0.231. The van der Waals surface area contributed by atoms with Crippen molar-refractivity contribution >= 4 is 50.6 Å². The minimum absolute atomic E-state index is 0.00849. The van der Waals surface area contributed by atoms with Crippen molar-refractivity contribution in [3.63, 3.8) is 0 Å². The van der Waals surface area contributed by atoms with Gasteiger partial charge in [-0.05, 0) is 31.5 Å². The topological polar surface area (TPSA) is 157 Å². The highest BCUT2D eigenvalue weighted by molar-refractivity contribution is 7.22. The first kappa shape index (κ1) is 29.2. The van der Waals surface area contributed by atoms with E-state index in [-0.39, 0.29) is 56.5 Å². The Kier molecular flexibility index (Phi) is 9.29. The van der Waals surface area contributed by atoms with E-state index in [1.165, 1.54) is 51.0 Å². The molecule has 1 atom stereocenters. The SMILES string of the molecule is CCNC(=O)Nc1nc2c(F)c(-c3cnc(N[C@@H](CCC(=O)OC)C(=O)OC)nc3)cc(-c3ncccc3F)c2s1. The number of methoxy groups -OCH3 is 2. The molecule has 0 fully saturated rings. The van der Waals surface area contributed by atoms with Gasteiger partial charge >= 0.3 is 18.0 Å². The molecule has 15 heteroatoms. The van der Waals surface area contributed by atoms with Gasteiger partial charge in [-0.2, -0.15) is 0 Å². The van der Waals surface area contributed by atoms with Crippen molar-refractivity contribution in [2.45, 2.75) is 25.8 Å². The molecule has 3 heterocycles. The maximum atomic E-state index is 15.8. The number of pyridine rings is 1. The number of fused-ring (bicyclic) bond motifs is 1. The third-order valence-electron chi connectivity index (χ3n) is 5.79. The number of nitrogens with one attached hydrogen (secondary N) is 3. The lowest BCUT2D eigenvalue weighted by atomic mass is 10.0. The summed E-state index contributed by atoms with van der Waals surface area (Å²) in [6.45, 7) is 2.11. The molecule has 0 bridgehead atoms. The zero-order valence-electron chi connectivity index (χ0n) is 22.2. The Bertz CT molecular complexity index is 1580. The van der Waals surface area contributed by atoms with Gasteiger partial charge in [-0.3, -0.25) is 15.1 Å². The van der Waals surface area contributed by atoms with Crippen LogP contribution in [0.25, 0.3) is 32.6 Å². The minimum atomic E-state index is -0.942. The van der Waals surface area contributed by atoms with Crippen LogP contribution in [0, 0.1) is 11.6 Å². The first-order chi connectivity index (χ1) is 19.7. The monoisotopic (exact) mass is 585 g/mol. The van der Waals surface area contributed by atoms with Gasteiger partial charge in [0.2, 0.25) is 5.95 Å². The molecule has 41 heavy (non-hydrogen) atoms. The molecule has 0 spiro atoms. The molecule has 2 amide bonds. The van der Waals surface area contributed by atoms with Gasteiger partial charge in [0, 0.05) is 48.2 Å². The molecule has 0 aliphatic rings. The van der Waals surface area contributed by atoms with Crippen LogP contribution in [0.5, 0.6) is 0 Å². The van der Waals surface area contributed by atoms with E-state index in [4.69, 9.17) is 4.74 Å². The predicted molar refractivity (Wildman–Crippen MR) is 147 cm³/mol. The van der Waals surface area contributed by atoms with Crippen molar-refractivity contribution in [2.75, 3.05) is 31.4 Å². The van der Waals surface area contributed by atoms with E-state index < -0.39 is 35.6 Å². The Balaban J connectivity index is 1.72. The fourth-order valence-electron chi connectivity index (χ4n) is 3.83. The molecule has 1 aromatic carbocycles. The summed E-state index contributed by atoms with van der Waals surface area (Å²) in [6.07, 6.45) is 4.04. The second kappa shape index (κ2) is 13.0. The van der Waals surface area contributed by atoms with Crippen LogP contribution in [0.4, 0.5) is 24.7 Å². The van der Waals surface area contributed by atoms with E-state index in [1.54, 1.807) is 6.92 Å². The van der Waals surface area contributed by atoms with Gasteiger partial charge < -0.3 is 20.1 Å². The van der Waals surface area contributed by atoms with Gasteiger partial charge in [-0.15, -0.1) is 0 Å². The van der Waals surface area contributed by atoms with E-state index in [1.807, 2.05) is 0 Å². The normalized spacial score (nSPS) is 11.5. The van der Waals surface area contributed by atoms with Crippen LogP contribution in [-0.4, -0.2) is 64.7 Å². The maximum Gasteiger partial charge on any atom is 0.328 e. The van der Waals surface area contributed by atoms with Crippen LogP contribution in [0.2, 0.25) is 0 Å². The molecule has 12 nitrogen and oxygen atoms in total.